The molecular weight excluding hydrogens is 308 g/mol. The minimum absolute atomic E-state index is 0.0192. The lowest BCUT2D eigenvalue weighted by Crippen LogP contribution is -2.49. The molecule has 0 unspecified atom stereocenters. The van der Waals surface area contributed by atoms with Gasteiger partial charge >= 0.3 is 0 Å². The Bertz CT molecular complexity index is 405. The average Bonchev–Trinajstić information content (AvgIpc) is 2.76. The fourth-order valence-corrected chi connectivity index (χ4v) is 6.04. The number of nitrogens with two attached hydrogens (primary N) is 1. The maximum atomic E-state index is 13.0. The second kappa shape index (κ2) is 10.00. The van der Waals surface area contributed by atoms with E-state index >= 15 is 0 Å². The summed E-state index contributed by atoms with van der Waals surface area (Å²) in [5, 5.41) is -0.252. The maximum absolute atomic E-state index is 13.0. The molecule has 0 heterocycles. The highest BCUT2D eigenvalue weighted by Crippen LogP contribution is 2.27. The van der Waals surface area contributed by atoms with Crippen molar-refractivity contribution >= 4 is 10.0 Å². The summed E-state index contributed by atoms with van der Waals surface area (Å²) in [7, 11) is -3.35. The summed E-state index contributed by atoms with van der Waals surface area (Å²) in [6, 6.07) is 0.0192. The Labute approximate surface area is 143 Å². The van der Waals surface area contributed by atoms with E-state index in [0.29, 0.717) is 0 Å². The van der Waals surface area contributed by atoms with Crippen LogP contribution in [0.25, 0.3) is 0 Å². The summed E-state index contributed by atoms with van der Waals surface area (Å²) in [5.74, 6) is 6.20. The first-order chi connectivity index (χ1) is 11.1. The van der Waals surface area contributed by atoms with Crippen LogP contribution in [0.4, 0.5) is 0 Å². The van der Waals surface area contributed by atoms with Crippen molar-refractivity contribution in [2.45, 2.75) is 114 Å². The molecule has 2 saturated carbocycles. The monoisotopic (exact) mass is 344 g/mol. The molecule has 2 N–H and O–H groups in total. The summed E-state index contributed by atoms with van der Waals surface area (Å²) < 4.78 is 27.4. The van der Waals surface area contributed by atoms with E-state index in [4.69, 9.17) is 5.84 Å². The second-order valence-corrected chi connectivity index (χ2v) is 9.67. The highest BCUT2D eigenvalue weighted by Gasteiger charge is 2.34. The number of sulfonamides is 1. The predicted octanol–water partition coefficient (Wildman–Crippen LogP) is 4.50. The Morgan fingerprint density at radius 1 is 0.609 bits per heavy atom. The minimum atomic E-state index is -3.35. The van der Waals surface area contributed by atoms with Gasteiger partial charge in [0.1, 0.15) is 0 Å². The van der Waals surface area contributed by atoms with Gasteiger partial charge in [-0.1, -0.05) is 77.0 Å². The van der Waals surface area contributed by atoms with Crippen molar-refractivity contribution in [1.82, 2.24) is 4.41 Å². The van der Waals surface area contributed by atoms with Crippen molar-refractivity contribution in [3.05, 3.63) is 0 Å². The molecule has 136 valence electrons. The Balaban J connectivity index is 2.01. The molecular formula is C18H36N2O2S. The summed E-state index contributed by atoms with van der Waals surface area (Å²) in [5.41, 5.74) is 0. The lowest BCUT2D eigenvalue weighted by atomic mass is 10.1. The molecule has 0 aliphatic heterocycles. The van der Waals surface area contributed by atoms with E-state index < -0.39 is 10.0 Å². The average molecular weight is 345 g/mol. The van der Waals surface area contributed by atoms with Gasteiger partial charge in [-0.25, -0.2) is 8.42 Å². The van der Waals surface area contributed by atoms with Crippen molar-refractivity contribution in [2.24, 2.45) is 5.84 Å². The molecule has 0 aromatic rings. The smallest absolute Gasteiger partial charge is 0.229 e. The number of rotatable bonds is 3. The molecule has 0 bridgehead atoms. The van der Waals surface area contributed by atoms with Gasteiger partial charge in [-0.2, -0.15) is 0 Å². The van der Waals surface area contributed by atoms with Crippen molar-refractivity contribution < 1.29 is 8.42 Å². The standard InChI is InChI=1S/C18H36N2O2S/c19-20(17-13-9-5-1-2-6-10-14-17)23(21,22)18-15-11-7-3-4-8-12-16-18/h17-18H,1-16,19H2. The van der Waals surface area contributed by atoms with E-state index in [9.17, 15) is 8.42 Å². The zero-order valence-corrected chi connectivity index (χ0v) is 15.5. The van der Waals surface area contributed by atoms with E-state index in [1.807, 2.05) is 0 Å². The molecule has 5 heteroatoms. The van der Waals surface area contributed by atoms with Crippen LogP contribution in [0.1, 0.15) is 103 Å². The zero-order valence-electron chi connectivity index (χ0n) is 14.7. The first-order valence-corrected chi connectivity index (χ1v) is 11.4. The fourth-order valence-electron chi connectivity index (χ4n) is 4.14. The molecule has 2 aliphatic rings. The van der Waals surface area contributed by atoms with Crippen LogP contribution in [0.2, 0.25) is 0 Å². The Kier molecular flexibility index (Phi) is 8.34. The van der Waals surface area contributed by atoms with E-state index in [1.54, 1.807) is 0 Å². The number of nitrogens with zero attached hydrogens (tertiary/aromatic N) is 1. The van der Waals surface area contributed by atoms with Crippen LogP contribution in [0.3, 0.4) is 0 Å². The van der Waals surface area contributed by atoms with Gasteiger partial charge in [-0.15, -0.1) is 4.41 Å². The van der Waals surface area contributed by atoms with Crippen molar-refractivity contribution in [3.8, 4) is 0 Å². The largest absolute Gasteiger partial charge is 0.255 e. The summed E-state index contributed by atoms with van der Waals surface area (Å²) in [6.07, 6.45) is 17.6. The topological polar surface area (TPSA) is 63.4 Å². The molecule has 0 aromatic heterocycles. The van der Waals surface area contributed by atoms with Gasteiger partial charge in [0.05, 0.1) is 5.25 Å². The molecule has 0 aromatic carbocycles. The van der Waals surface area contributed by atoms with Crippen molar-refractivity contribution in [2.75, 3.05) is 0 Å². The molecule has 4 nitrogen and oxygen atoms in total. The zero-order chi connectivity index (χ0) is 16.5. The van der Waals surface area contributed by atoms with Crippen LogP contribution < -0.4 is 5.84 Å². The van der Waals surface area contributed by atoms with Crippen LogP contribution >= 0.6 is 0 Å². The van der Waals surface area contributed by atoms with E-state index in [2.05, 4.69) is 0 Å². The molecule has 2 fully saturated rings. The maximum Gasteiger partial charge on any atom is 0.229 e. The molecule has 0 spiro atoms. The van der Waals surface area contributed by atoms with Crippen molar-refractivity contribution in [1.29, 1.82) is 0 Å². The Morgan fingerprint density at radius 2 is 0.957 bits per heavy atom. The SMILES string of the molecule is NN(C1CCCCCCCC1)S(=O)(=O)C1CCCCCCCC1. The first-order valence-electron chi connectivity index (χ1n) is 9.90. The normalized spacial score (nSPS) is 25.0. The van der Waals surface area contributed by atoms with Gasteiger partial charge in [0.15, 0.2) is 0 Å². The molecule has 0 radical (unpaired) electrons. The van der Waals surface area contributed by atoms with Gasteiger partial charge in [0.25, 0.3) is 0 Å². The fraction of sp³-hybridized carbons (Fsp3) is 1.00. The third-order valence-corrected chi connectivity index (χ3v) is 7.90. The third kappa shape index (κ3) is 6.02. The Hall–Kier alpha value is -0.130. The number of hydrogen-bond acceptors (Lipinski definition) is 3. The van der Waals surface area contributed by atoms with Crippen LogP contribution in [0, 0.1) is 0 Å². The Morgan fingerprint density at radius 3 is 1.39 bits per heavy atom. The van der Waals surface area contributed by atoms with Crippen molar-refractivity contribution in [3.63, 3.8) is 0 Å². The van der Waals surface area contributed by atoms with Crippen LogP contribution in [0.5, 0.6) is 0 Å². The number of hydrogen-bond donors (Lipinski definition) is 1. The van der Waals surface area contributed by atoms with Gasteiger partial charge in [0, 0.05) is 6.04 Å². The highest BCUT2D eigenvalue weighted by molar-refractivity contribution is 7.89. The molecule has 0 saturated heterocycles. The molecule has 0 amide bonds. The molecule has 2 aliphatic carbocycles. The molecule has 23 heavy (non-hydrogen) atoms. The summed E-state index contributed by atoms with van der Waals surface area (Å²) in [6.45, 7) is 0. The quantitative estimate of drug-likeness (QED) is 0.605. The minimum Gasteiger partial charge on any atom is -0.255 e. The van der Waals surface area contributed by atoms with Gasteiger partial charge in [0.2, 0.25) is 10.0 Å². The van der Waals surface area contributed by atoms with E-state index in [0.717, 1.165) is 51.4 Å². The lowest BCUT2D eigenvalue weighted by Gasteiger charge is -2.30. The van der Waals surface area contributed by atoms with Crippen LogP contribution in [-0.4, -0.2) is 24.1 Å². The van der Waals surface area contributed by atoms with Gasteiger partial charge < -0.3 is 0 Å². The summed E-state index contributed by atoms with van der Waals surface area (Å²) in [4.78, 5) is 0. The lowest BCUT2D eigenvalue weighted by molar-refractivity contribution is 0.283. The summed E-state index contributed by atoms with van der Waals surface area (Å²) >= 11 is 0. The second-order valence-electron chi connectivity index (χ2n) is 7.55. The number of hydrazine groups is 1. The molecule has 2 rings (SSSR count). The first kappa shape index (κ1) is 19.2. The van der Waals surface area contributed by atoms with Crippen LogP contribution in [-0.2, 0) is 10.0 Å². The third-order valence-electron chi connectivity index (χ3n) is 5.70. The van der Waals surface area contributed by atoms with Crippen LogP contribution in [0.15, 0.2) is 0 Å². The van der Waals surface area contributed by atoms with E-state index in [1.165, 1.54) is 55.8 Å². The molecule has 0 atom stereocenters. The predicted molar refractivity (Wildman–Crippen MR) is 96.4 cm³/mol. The van der Waals surface area contributed by atoms with E-state index in [-0.39, 0.29) is 11.3 Å². The van der Waals surface area contributed by atoms with Gasteiger partial charge in [-0.3, -0.25) is 5.84 Å². The van der Waals surface area contributed by atoms with Gasteiger partial charge in [-0.05, 0) is 25.7 Å². The highest BCUT2D eigenvalue weighted by atomic mass is 32.2.